The van der Waals surface area contributed by atoms with E-state index in [-0.39, 0.29) is 6.07 Å². The monoisotopic (exact) mass is 452 g/mol. The van der Waals surface area contributed by atoms with Crippen LogP contribution in [-0.4, -0.2) is 23.5 Å². The zero-order valence-corrected chi connectivity index (χ0v) is 14.8. The normalized spacial score (nSPS) is 13.6. The summed E-state index contributed by atoms with van der Waals surface area (Å²) in [5.41, 5.74) is -1.80. The molecule has 0 aliphatic rings. The van der Waals surface area contributed by atoms with E-state index < -0.39 is 66.0 Å². The molecule has 0 aliphatic carbocycles. The molecule has 0 aromatic heterocycles. The second kappa shape index (κ2) is 7.19. The Balaban J connectivity index is 2.38. The minimum Gasteiger partial charge on any atom is -0.281 e. The summed E-state index contributed by atoms with van der Waals surface area (Å²) in [6, 6.07) is 3.70. The third-order valence-corrected chi connectivity index (χ3v) is 5.50. The van der Waals surface area contributed by atoms with Gasteiger partial charge >= 0.3 is 20.6 Å². The Bertz CT molecular complexity index is 975. The smallest absolute Gasteiger partial charge is 0.281 e. The highest BCUT2D eigenvalue weighted by Crippen LogP contribution is 2.50. The number of halogens is 8. The van der Waals surface area contributed by atoms with E-state index in [2.05, 4.69) is 0 Å². The van der Waals surface area contributed by atoms with Crippen LogP contribution in [0.5, 0.6) is 0 Å². The molecule has 0 atom stereocenters. The van der Waals surface area contributed by atoms with Gasteiger partial charge in [-0.3, -0.25) is 4.55 Å². The maximum Gasteiger partial charge on any atom is 0.442 e. The van der Waals surface area contributed by atoms with E-state index in [1.54, 1.807) is 0 Å². The maximum atomic E-state index is 14.3. The summed E-state index contributed by atoms with van der Waals surface area (Å²) in [4.78, 5) is -1.27. The summed E-state index contributed by atoms with van der Waals surface area (Å²) in [5, 5.41) is -11.5. The van der Waals surface area contributed by atoms with Gasteiger partial charge < -0.3 is 0 Å². The number of benzene rings is 2. The first kappa shape index (κ1) is 22.4. The Labute approximate surface area is 157 Å². The van der Waals surface area contributed by atoms with E-state index in [1.807, 2.05) is 0 Å². The number of rotatable bonds is 6. The van der Waals surface area contributed by atoms with E-state index in [9.17, 15) is 43.5 Å². The summed E-state index contributed by atoms with van der Waals surface area (Å²) in [5.74, 6) is -6.46. The van der Waals surface area contributed by atoms with Crippen LogP contribution in [0.3, 0.4) is 0 Å². The molecule has 0 heterocycles. The lowest BCUT2D eigenvalue weighted by atomic mass is 10.0. The van der Waals surface area contributed by atoms with Crippen molar-refractivity contribution in [2.75, 3.05) is 0 Å². The van der Waals surface area contributed by atoms with Gasteiger partial charge in [0.05, 0.1) is 0 Å². The van der Waals surface area contributed by atoms with Crippen LogP contribution in [0.15, 0.2) is 47.4 Å². The number of thioether (sulfide) groups is 1. The molecule has 0 bridgehead atoms. The lowest BCUT2D eigenvalue weighted by molar-refractivity contribution is -0.0947. The third kappa shape index (κ3) is 4.10. The minimum absolute atomic E-state index is 0.0906. The van der Waals surface area contributed by atoms with Crippen molar-refractivity contribution < 1.29 is 48.1 Å². The summed E-state index contributed by atoms with van der Waals surface area (Å²) in [7, 11) is -6.54. The molecule has 3 nitrogen and oxygen atoms in total. The van der Waals surface area contributed by atoms with Crippen molar-refractivity contribution >= 4 is 21.9 Å². The van der Waals surface area contributed by atoms with Gasteiger partial charge in [-0.2, -0.15) is 34.8 Å². The van der Waals surface area contributed by atoms with Gasteiger partial charge in [0.2, 0.25) is 0 Å². The van der Waals surface area contributed by atoms with Gasteiger partial charge in [-0.15, -0.1) is 0 Å². The van der Waals surface area contributed by atoms with E-state index in [4.69, 9.17) is 4.55 Å². The zero-order valence-electron chi connectivity index (χ0n) is 13.1. The molecule has 28 heavy (non-hydrogen) atoms. The molecule has 0 radical (unpaired) electrons. The third-order valence-electron chi connectivity index (χ3n) is 3.40. The van der Waals surface area contributed by atoms with Crippen molar-refractivity contribution in [3.63, 3.8) is 0 Å². The first-order chi connectivity index (χ1) is 12.6. The first-order valence-electron chi connectivity index (χ1n) is 6.95. The quantitative estimate of drug-likeness (QED) is 0.369. The fourth-order valence-corrected chi connectivity index (χ4v) is 3.38. The average Bonchev–Trinajstić information content (AvgIpc) is 2.55. The molecule has 0 fully saturated rings. The minimum atomic E-state index is -6.54. The molecular formula is C15H8F8O3S2. The largest absolute Gasteiger partial charge is 0.442 e. The van der Waals surface area contributed by atoms with Crippen molar-refractivity contribution in [1.29, 1.82) is 0 Å². The molecule has 154 valence electrons. The van der Waals surface area contributed by atoms with Gasteiger partial charge in [-0.05, 0) is 48.2 Å². The zero-order chi connectivity index (χ0) is 21.5. The molecule has 0 aliphatic heterocycles. The standard InChI is InChI=1S/C15H8F8O3S2/c16-10-4-1-8(2-5-10)13(18,19)9-3-6-12(11(17)7-9)27-14(20,21)15(22,23)28(24,25)26/h1-7H,(H,24,25,26). The van der Waals surface area contributed by atoms with Crippen LogP contribution in [0.4, 0.5) is 35.1 Å². The Morgan fingerprint density at radius 3 is 1.79 bits per heavy atom. The molecule has 0 saturated carbocycles. The van der Waals surface area contributed by atoms with Crippen molar-refractivity contribution in [3.05, 3.63) is 65.2 Å². The second-order valence-electron chi connectivity index (χ2n) is 5.34. The van der Waals surface area contributed by atoms with E-state index in [0.717, 1.165) is 0 Å². The lowest BCUT2D eigenvalue weighted by Crippen LogP contribution is -2.44. The predicted octanol–water partition coefficient (Wildman–Crippen LogP) is 5.27. The molecule has 0 saturated heterocycles. The maximum absolute atomic E-state index is 14.3. The van der Waals surface area contributed by atoms with E-state index >= 15 is 0 Å². The number of alkyl halides is 6. The Morgan fingerprint density at radius 1 is 0.821 bits per heavy atom. The van der Waals surface area contributed by atoms with Gasteiger partial charge in [0, 0.05) is 16.0 Å². The first-order valence-corrected chi connectivity index (χ1v) is 9.21. The molecule has 2 rings (SSSR count). The van der Waals surface area contributed by atoms with E-state index in [0.29, 0.717) is 36.4 Å². The molecule has 0 unspecified atom stereocenters. The van der Waals surface area contributed by atoms with Gasteiger partial charge in [-0.25, -0.2) is 8.78 Å². The highest BCUT2D eigenvalue weighted by atomic mass is 32.2. The predicted molar refractivity (Wildman–Crippen MR) is 83.1 cm³/mol. The molecule has 0 spiro atoms. The molecule has 1 N–H and O–H groups in total. The van der Waals surface area contributed by atoms with Crippen LogP contribution in [0, 0.1) is 11.6 Å². The van der Waals surface area contributed by atoms with Crippen LogP contribution in [0.2, 0.25) is 0 Å². The SMILES string of the molecule is O=S(=O)(O)C(F)(F)C(F)(F)Sc1ccc(C(F)(F)c2ccc(F)cc2)cc1F. The van der Waals surface area contributed by atoms with Gasteiger partial charge in [0.15, 0.2) is 0 Å². The Hall–Kier alpha value is -1.86. The topological polar surface area (TPSA) is 54.4 Å². The molecule has 13 heteroatoms. The average molecular weight is 452 g/mol. The Kier molecular flexibility index (Phi) is 5.76. The van der Waals surface area contributed by atoms with Crippen LogP contribution < -0.4 is 0 Å². The number of hydrogen-bond acceptors (Lipinski definition) is 3. The van der Waals surface area contributed by atoms with Crippen molar-refractivity contribution in [2.24, 2.45) is 0 Å². The van der Waals surface area contributed by atoms with Gasteiger partial charge in [0.25, 0.3) is 5.92 Å². The molecule has 2 aromatic carbocycles. The molecule has 2 aromatic rings. The van der Waals surface area contributed by atoms with Crippen molar-refractivity contribution in [2.45, 2.75) is 21.3 Å². The van der Waals surface area contributed by atoms with Crippen LogP contribution in [-0.2, 0) is 16.0 Å². The summed E-state index contributed by atoms with van der Waals surface area (Å²) in [6.07, 6.45) is 0. The van der Waals surface area contributed by atoms with Crippen LogP contribution >= 0.6 is 11.8 Å². The fourth-order valence-electron chi connectivity index (χ4n) is 1.95. The lowest BCUT2D eigenvalue weighted by Gasteiger charge is -2.23. The summed E-state index contributed by atoms with van der Waals surface area (Å²) in [6.45, 7) is 0. The Morgan fingerprint density at radius 2 is 1.32 bits per heavy atom. The van der Waals surface area contributed by atoms with Crippen LogP contribution in [0.25, 0.3) is 0 Å². The van der Waals surface area contributed by atoms with Gasteiger partial charge in [0.1, 0.15) is 11.6 Å². The van der Waals surface area contributed by atoms with Crippen molar-refractivity contribution in [1.82, 2.24) is 0 Å². The highest BCUT2D eigenvalue weighted by Gasteiger charge is 2.66. The fraction of sp³-hybridized carbons (Fsp3) is 0.200. The summed E-state index contributed by atoms with van der Waals surface area (Å²) >= 11 is -1.27. The summed E-state index contributed by atoms with van der Waals surface area (Å²) < 4.78 is 138. The second-order valence-corrected chi connectivity index (χ2v) is 7.96. The van der Waals surface area contributed by atoms with Crippen LogP contribution in [0.1, 0.15) is 11.1 Å². The highest BCUT2D eigenvalue weighted by molar-refractivity contribution is 8.01. The van der Waals surface area contributed by atoms with E-state index in [1.165, 1.54) is 0 Å². The van der Waals surface area contributed by atoms with Crippen molar-refractivity contribution in [3.8, 4) is 0 Å². The molecule has 0 amide bonds. The van der Waals surface area contributed by atoms with Gasteiger partial charge in [-0.1, -0.05) is 6.07 Å². The molecular weight excluding hydrogens is 444 g/mol. The number of hydrogen-bond donors (Lipinski definition) is 1.